The van der Waals surface area contributed by atoms with Gasteiger partial charge in [-0.2, -0.15) is 0 Å². The van der Waals surface area contributed by atoms with Gasteiger partial charge in [0.05, 0.1) is 11.7 Å². The van der Waals surface area contributed by atoms with E-state index in [-0.39, 0.29) is 18.0 Å². The first kappa shape index (κ1) is 18.3. The monoisotopic (exact) mass is 399 g/mol. The smallest absolute Gasteiger partial charge is 0.262 e. The van der Waals surface area contributed by atoms with Crippen LogP contribution < -0.4 is 10.9 Å². The maximum atomic E-state index is 12.8. The van der Waals surface area contributed by atoms with Gasteiger partial charge in [-0.05, 0) is 49.1 Å². The van der Waals surface area contributed by atoms with Crippen LogP contribution in [-0.4, -0.2) is 27.8 Å². The van der Waals surface area contributed by atoms with Gasteiger partial charge in [0.25, 0.3) is 5.56 Å². The quantitative estimate of drug-likeness (QED) is 0.489. The normalized spacial score (nSPS) is 13.0. The summed E-state index contributed by atoms with van der Waals surface area (Å²) in [5.74, 6) is 0.800. The molecule has 2 heterocycles. The number of thiophene rings is 1. The molecule has 140 valence electrons. The van der Waals surface area contributed by atoms with Gasteiger partial charge in [-0.25, -0.2) is 4.98 Å². The van der Waals surface area contributed by atoms with E-state index >= 15 is 0 Å². The zero-order valence-electron chi connectivity index (χ0n) is 14.9. The summed E-state index contributed by atoms with van der Waals surface area (Å²) >= 11 is 3.40. The van der Waals surface area contributed by atoms with Crippen molar-refractivity contribution in [2.75, 3.05) is 12.3 Å². The molecule has 0 unspecified atom stereocenters. The summed E-state index contributed by atoms with van der Waals surface area (Å²) in [6, 6.07) is 10.2. The van der Waals surface area contributed by atoms with Gasteiger partial charge in [-0.3, -0.25) is 14.2 Å². The lowest BCUT2D eigenvalue weighted by atomic mass is 10.2. The molecule has 1 aromatic carbocycles. The third kappa shape index (κ3) is 4.09. The van der Waals surface area contributed by atoms with Gasteiger partial charge in [-0.1, -0.05) is 18.2 Å². The Bertz CT molecular complexity index is 1010. The van der Waals surface area contributed by atoms with Crippen LogP contribution in [0, 0.1) is 0 Å². The van der Waals surface area contributed by atoms with Gasteiger partial charge in [0, 0.05) is 16.3 Å². The molecule has 27 heavy (non-hydrogen) atoms. The third-order valence-corrected chi connectivity index (χ3v) is 6.96. The van der Waals surface area contributed by atoms with Crippen molar-refractivity contribution in [2.45, 2.75) is 37.1 Å². The highest BCUT2D eigenvalue weighted by Gasteiger charge is 2.21. The first-order valence-electron chi connectivity index (χ1n) is 9.16. The molecule has 0 aliphatic heterocycles. The maximum absolute atomic E-state index is 12.8. The Hall–Kier alpha value is -2.12. The second-order valence-electron chi connectivity index (χ2n) is 6.58. The van der Waals surface area contributed by atoms with Crippen LogP contribution >= 0.6 is 23.1 Å². The molecular weight excluding hydrogens is 378 g/mol. The number of hydrogen-bond donors (Lipinski definition) is 1. The molecule has 0 spiro atoms. The Labute approximate surface area is 165 Å². The standard InChI is InChI=1S/C20H21N3O2S2/c24-17(21-10-5-11-26-14-6-2-1-3-7-14)12-23-13-22-19-18(20(23)25)15-8-4-9-16(15)27-19/h1-3,6-7,13H,4-5,8-12H2,(H,21,24). The molecule has 1 aliphatic carbocycles. The van der Waals surface area contributed by atoms with Gasteiger partial charge in [-0.15, -0.1) is 23.1 Å². The average molecular weight is 400 g/mol. The van der Waals surface area contributed by atoms with Crippen LogP contribution in [0.5, 0.6) is 0 Å². The van der Waals surface area contributed by atoms with Gasteiger partial charge in [0.2, 0.25) is 5.91 Å². The molecule has 5 nitrogen and oxygen atoms in total. The average Bonchev–Trinajstić information content (AvgIpc) is 3.26. The Kier molecular flexibility index (Phi) is 5.59. The molecule has 0 saturated carbocycles. The predicted molar refractivity (Wildman–Crippen MR) is 111 cm³/mol. The minimum Gasteiger partial charge on any atom is -0.355 e. The number of aryl methyl sites for hydroxylation is 2. The van der Waals surface area contributed by atoms with E-state index in [1.165, 1.54) is 20.7 Å². The van der Waals surface area contributed by atoms with Gasteiger partial charge >= 0.3 is 0 Å². The number of carbonyl (C=O) groups is 1. The number of carbonyl (C=O) groups excluding carboxylic acids is 1. The topological polar surface area (TPSA) is 64.0 Å². The van der Waals surface area contributed by atoms with Gasteiger partial charge in [0.15, 0.2) is 0 Å². The van der Waals surface area contributed by atoms with Crippen LogP contribution in [0.15, 0.2) is 46.3 Å². The minimum absolute atomic E-state index is 0.0260. The molecule has 0 radical (unpaired) electrons. The largest absolute Gasteiger partial charge is 0.355 e. The molecule has 0 bridgehead atoms. The van der Waals surface area contributed by atoms with Crippen LogP contribution in [0.3, 0.4) is 0 Å². The number of amides is 1. The number of fused-ring (bicyclic) bond motifs is 3. The lowest BCUT2D eigenvalue weighted by Gasteiger charge is -2.07. The number of aromatic nitrogens is 2. The van der Waals surface area contributed by atoms with Crippen LogP contribution in [0.2, 0.25) is 0 Å². The molecule has 0 fully saturated rings. The molecule has 3 aromatic rings. The number of rotatable bonds is 7. The molecule has 2 aromatic heterocycles. The molecule has 0 saturated heterocycles. The summed E-state index contributed by atoms with van der Waals surface area (Å²) in [6.45, 7) is 0.634. The Balaban J connectivity index is 1.31. The van der Waals surface area contributed by atoms with Crippen molar-refractivity contribution in [3.8, 4) is 0 Å². The lowest BCUT2D eigenvalue weighted by molar-refractivity contribution is -0.121. The number of benzene rings is 1. The fraction of sp³-hybridized carbons (Fsp3) is 0.350. The third-order valence-electron chi connectivity index (χ3n) is 4.66. The summed E-state index contributed by atoms with van der Waals surface area (Å²) in [7, 11) is 0. The number of nitrogens with zero attached hydrogens (tertiary/aromatic N) is 2. The fourth-order valence-corrected chi connectivity index (χ4v) is 5.44. The Morgan fingerprint density at radius 2 is 2.11 bits per heavy atom. The van der Waals surface area contributed by atoms with E-state index in [4.69, 9.17) is 0 Å². The van der Waals surface area contributed by atoms with E-state index in [1.54, 1.807) is 23.1 Å². The molecule has 1 aliphatic rings. The second kappa shape index (κ2) is 8.27. The van der Waals surface area contributed by atoms with Gasteiger partial charge < -0.3 is 5.32 Å². The van der Waals surface area contributed by atoms with Gasteiger partial charge in [0.1, 0.15) is 11.4 Å². The molecule has 1 N–H and O–H groups in total. The van der Waals surface area contributed by atoms with E-state index in [0.717, 1.165) is 47.2 Å². The summed E-state index contributed by atoms with van der Waals surface area (Å²) < 4.78 is 1.43. The van der Waals surface area contributed by atoms with E-state index < -0.39 is 0 Å². The van der Waals surface area contributed by atoms with E-state index in [9.17, 15) is 9.59 Å². The Morgan fingerprint density at radius 3 is 2.96 bits per heavy atom. The molecule has 4 rings (SSSR count). The van der Waals surface area contributed by atoms with Crippen molar-refractivity contribution >= 4 is 39.2 Å². The zero-order chi connectivity index (χ0) is 18.6. The minimum atomic E-state index is -0.144. The molecular formula is C20H21N3O2S2. The van der Waals surface area contributed by atoms with Crippen LogP contribution in [0.4, 0.5) is 0 Å². The van der Waals surface area contributed by atoms with Crippen LogP contribution in [0.25, 0.3) is 10.2 Å². The zero-order valence-corrected chi connectivity index (χ0v) is 16.6. The SMILES string of the molecule is O=C(Cn1cnc2sc3c(c2c1=O)CCC3)NCCCSc1ccccc1. The van der Waals surface area contributed by atoms with Crippen molar-refractivity contribution in [1.82, 2.24) is 14.9 Å². The van der Waals surface area contributed by atoms with E-state index in [0.29, 0.717) is 6.54 Å². The number of thioether (sulfide) groups is 1. The molecule has 1 amide bonds. The highest BCUT2D eigenvalue weighted by Crippen LogP contribution is 2.34. The Morgan fingerprint density at radius 1 is 1.26 bits per heavy atom. The number of nitrogens with one attached hydrogen (secondary N) is 1. The van der Waals surface area contributed by atoms with Crippen molar-refractivity contribution in [1.29, 1.82) is 0 Å². The lowest BCUT2D eigenvalue weighted by Crippen LogP contribution is -2.33. The van der Waals surface area contributed by atoms with Crippen molar-refractivity contribution in [3.63, 3.8) is 0 Å². The van der Waals surface area contributed by atoms with Crippen LogP contribution in [0.1, 0.15) is 23.3 Å². The van der Waals surface area contributed by atoms with E-state index in [1.807, 2.05) is 18.2 Å². The van der Waals surface area contributed by atoms with Crippen molar-refractivity contribution in [2.24, 2.45) is 0 Å². The maximum Gasteiger partial charge on any atom is 0.262 e. The predicted octanol–water partition coefficient (Wildman–Crippen LogP) is 3.25. The highest BCUT2D eigenvalue weighted by molar-refractivity contribution is 7.99. The first-order valence-corrected chi connectivity index (χ1v) is 11.0. The summed E-state index contributed by atoms with van der Waals surface area (Å²) in [5, 5.41) is 3.63. The summed E-state index contributed by atoms with van der Waals surface area (Å²) in [6.07, 6.45) is 5.47. The summed E-state index contributed by atoms with van der Waals surface area (Å²) in [4.78, 5) is 32.7. The van der Waals surface area contributed by atoms with Crippen molar-refractivity contribution in [3.05, 3.63) is 57.5 Å². The highest BCUT2D eigenvalue weighted by atomic mass is 32.2. The van der Waals surface area contributed by atoms with E-state index in [2.05, 4.69) is 22.4 Å². The molecule has 7 heteroatoms. The first-order chi connectivity index (χ1) is 13.2. The fourth-order valence-electron chi connectivity index (χ4n) is 3.35. The second-order valence-corrected chi connectivity index (χ2v) is 8.83. The molecule has 0 atom stereocenters. The van der Waals surface area contributed by atoms with Crippen molar-refractivity contribution < 1.29 is 4.79 Å². The number of hydrogen-bond acceptors (Lipinski definition) is 5. The summed E-state index contributed by atoms with van der Waals surface area (Å²) in [5.41, 5.74) is 1.06. The van der Waals surface area contributed by atoms with Crippen LogP contribution in [-0.2, 0) is 24.2 Å².